The fourth-order valence-corrected chi connectivity index (χ4v) is 3.77. The lowest BCUT2D eigenvalue weighted by Crippen LogP contribution is -2.49. The van der Waals surface area contributed by atoms with Gasteiger partial charge in [0.15, 0.2) is 6.10 Å². The van der Waals surface area contributed by atoms with Crippen LogP contribution in [-0.2, 0) is 4.79 Å². The van der Waals surface area contributed by atoms with Crippen LogP contribution in [0.5, 0.6) is 5.75 Å². The molecule has 32 heavy (non-hydrogen) atoms. The molecule has 0 aliphatic carbocycles. The summed E-state index contributed by atoms with van der Waals surface area (Å²) >= 11 is 0. The van der Waals surface area contributed by atoms with Gasteiger partial charge in [-0.2, -0.15) is 5.10 Å². The van der Waals surface area contributed by atoms with E-state index in [9.17, 15) is 9.59 Å². The number of nitrogens with zero attached hydrogens (tertiary/aromatic N) is 3. The molecule has 2 N–H and O–H groups in total. The van der Waals surface area contributed by atoms with Gasteiger partial charge in [-0.05, 0) is 24.3 Å². The van der Waals surface area contributed by atoms with Gasteiger partial charge in [0.05, 0.1) is 23.5 Å². The third kappa shape index (κ3) is 3.50. The number of rotatable bonds is 4. The third-order valence-corrected chi connectivity index (χ3v) is 5.35. The van der Waals surface area contributed by atoms with Crippen LogP contribution in [0.2, 0.25) is 0 Å². The van der Waals surface area contributed by atoms with Crippen LogP contribution in [-0.4, -0.2) is 34.2 Å². The zero-order valence-corrected chi connectivity index (χ0v) is 17.1. The molecule has 2 heterocycles. The second-order valence-electron chi connectivity index (χ2n) is 7.43. The molecule has 2 amide bonds. The highest BCUT2D eigenvalue weighted by molar-refractivity contribution is 6.11. The third-order valence-electron chi connectivity index (χ3n) is 5.35. The van der Waals surface area contributed by atoms with Crippen LogP contribution in [0.3, 0.4) is 0 Å². The normalized spacial score (nSPS) is 15.0. The number of primary amides is 1. The molecule has 7 heteroatoms. The van der Waals surface area contributed by atoms with Crippen LogP contribution in [0.1, 0.15) is 10.4 Å². The summed E-state index contributed by atoms with van der Waals surface area (Å²) in [5.74, 6) is -0.471. The van der Waals surface area contributed by atoms with E-state index in [1.807, 2.05) is 66.7 Å². The fraction of sp³-hybridized carbons (Fsp3) is 0.0800. The highest BCUT2D eigenvalue weighted by atomic mass is 16.5. The average molecular weight is 424 g/mol. The number of carbonyl (C=O) groups is 2. The van der Waals surface area contributed by atoms with Crippen molar-refractivity contribution in [3.8, 4) is 22.7 Å². The first-order valence-electron chi connectivity index (χ1n) is 10.2. The van der Waals surface area contributed by atoms with Crippen molar-refractivity contribution in [2.45, 2.75) is 6.10 Å². The molecule has 1 aromatic heterocycles. The molecule has 0 saturated carbocycles. The topological polar surface area (TPSA) is 90.5 Å². The summed E-state index contributed by atoms with van der Waals surface area (Å²) in [6, 6.07) is 26.2. The SMILES string of the molecule is NC(=O)[C@H]1CN(C(=O)c2cn(-c3ccccc3)nc2-c2ccccc2)c2ccccc2O1. The van der Waals surface area contributed by atoms with Gasteiger partial charge in [-0.15, -0.1) is 0 Å². The standard InChI is InChI=1S/C25H20N4O3/c26-24(30)22-16-28(20-13-7-8-14-21(20)32-22)25(31)19-15-29(18-11-5-2-6-12-18)27-23(19)17-9-3-1-4-10-17/h1-15,22H,16H2,(H2,26,30)/t22-/m1/s1. The molecule has 0 radical (unpaired) electrons. The number of hydrogen-bond acceptors (Lipinski definition) is 4. The molecular formula is C25H20N4O3. The molecule has 0 unspecified atom stereocenters. The Balaban J connectivity index is 1.63. The number of aromatic nitrogens is 2. The summed E-state index contributed by atoms with van der Waals surface area (Å²) in [5, 5.41) is 4.72. The number of benzene rings is 3. The van der Waals surface area contributed by atoms with E-state index in [1.54, 1.807) is 29.1 Å². The predicted molar refractivity (Wildman–Crippen MR) is 121 cm³/mol. The zero-order chi connectivity index (χ0) is 22.1. The smallest absolute Gasteiger partial charge is 0.262 e. The number of fused-ring (bicyclic) bond motifs is 1. The van der Waals surface area contributed by atoms with Gasteiger partial charge < -0.3 is 15.4 Å². The van der Waals surface area contributed by atoms with Gasteiger partial charge in [0.2, 0.25) is 0 Å². The molecule has 0 fully saturated rings. The van der Waals surface area contributed by atoms with Crippen molar-refractivity contribution in [1.29, 1.82) is 0 Å². The number of amides is 2. The minimum Gasteiger partial charge on any atom is -0.477 e. The molecule has 158 valence electrons. The average Bonchev–Trinajstić information content (AvgIpc) is 3.29. The quantitative estimate of drug-likeness (QED) is 0.543. The molecule has 1 aliphatic heterocycles. The fourth-order valence-electron chi connectivity index (χ4n) is 3.77. The lowest BCUT2D eigenvalue weighted by molar-refractivity contribution is -0.124. The van der Waals surface area contributed by atoms with Crippen molar-refractivity contribution in [3.63, 3.8) is 0 Å². The van der Waals surface area contributed by atoms with Crippen molar-refractivity contribution < 1.29 is 14.3 Å². The first-order chi connectivity index (χ1) is 15.6. The van der Waals surface area contributed by atoms with Crippen molar-refractivity contribution in [3.05, 3.63) is 96.7 Å². The summed E-state index contributed by atoms with van der Waals surface area (Å²) in [4.78, 5) is 27.3. The Kier molecular flexibility index (Phi) is 4.91. The van der Waals surface area contributed by atoms with E-state index >= 15 is 0 Å². The van der Waals surface area contributed by atoms with Gasteiger partial charge >= 0.3 is 0 Å². The first kappa shape index (κ1) is 19.6. The molecule has 0 spiro atoms. The van der Waals surface area contributed by atoms with Gasteiger partial charge in [-0.25, -0.2) is 4.68 Å². The van der Waals surface area contributed by atoms with Gasteiger partial charge in [0, 0.05) is 11.8 Å². The molecule has 1 aliphatic rings. The Morgan fingerprint density at radius 1 is 0.906 bits per heavy atom. The second kappa shape index (κ2) is 8.03. The first-order valence-corrected chi connectivity index (χ1v) is 10.2. The van der Waals surface area contributed by atoms with E-state index in [2.05, 4.69) is 0 Å². The summed E-state index contributed by atoms with van der Waals surface area (Å²) in [6.45, 7) is 0.0237. The van der Waals surface area contributed by atoms with E-state index in [-0.39, 0.29) is 12.5 Å². The van der Waals surface area contributed by atoms with Crippen LogP contribution < -0.4 is 15.4 Å². The minimum atomic E-state index is -0.932. The number of nitrogens with two attached hydrogens (primary N) is 1. The maximum atomic E-state index is 13.8. The van der Waals surface area contributed by atoms with Crippen LogP contribution in [0.25, 0.3) is 16.9 Å². The summed E-state index contributed by atoms with van der Waals surface area (Å²) in [7, 11) is 0. The van der Waals surface area contributed by atoms with Crippen molar-refractivity contribution in [1.82, 2.24) is 9.78 Å². The van der Waals surface area contributed by atoms with Gasteiger partial charge in [-0.1, -0.05) is 60.7 Å². The van der Waals surface area contributed by atoms with Gasteiger partial charge in [0.25, 0.3) is 11.8 Å². The monoisotopic (exact) mass is 424 g/mol. The molecule has 7 nitrogen and oxygen atoms in total. The molecule has 4 aromatic rings. The van der Waals surface area contributed by atoms with Crippen LogP contribution >= 0.6 is 0 Å². The number of carbonyl (C=O) groups excluding carboxylic acids is 2. The Bertz CT molecular complexity index is 1290. The molecule has 0 saturated heterocycles. The minimum absolute atomic E-state index is 0.0237. The molecule has 3 aromatic carbocycles. The Hall–Kier alpha value is -4.39. The maximum Gasteiger partial charge on any atom is 0.262 e. The Morgan fingerprint density at radius 3 is 2.28 bits per heavy atom. The highest BCUT2D eigenvalue weighted by Crippen LogP contribution is 2.35. The number of para-hydroxylation sites is 3. The summed E-state index contributed by atoms with van der Waals surface area (Å²) in [5.41, 5.74) is 8.72. The largest absolute Gasteiger partial charge is 0.477 e. The van der Waals surface area contributed by atoms with Gasteiger partial charge in [0.1, 0.15) is 11.4 Å². The maximum absolute atomic E-state index is 13.8. The molecule has 0 bridgehead atoms. The highest BCUT2D eigenvalue weighted by Gasteiger charge is 2.34. The van der Waals surface area contributed by atoms with E-state index < -0.39 is 12.0 Å². The van der Waals surface area contributed by atoms with E-state index in [4.69, 9.17) is 15.6 Å². The summed E-state index contributed by atoms with van der Waals surface area (Å²) in [6.07, 6.45) is 0.787. The Labute approximate surface area is 184 Å². The lowest BCUT2D eigenvalue weighted by atomic mass is 10.1. The lowest BCUT2D eigenvalue weighted by Gasteiger charge is -2.33. The van der Waals surface area contributed by atoms with E-state index in [0.29, 0.717) is 22.7 Å². The molecule has 1 atom stereocenters. The predicted octanol–water partition coefficient (Wildman–Crippen LogP) is 3.43. The zero-order valence-electron chi connectivity index (χ0n) is 17.1. The van der Waals surface area contributed by atoms with Crippen LogP contribution in [0, 0.1) is 0 Å². The van der Waals surface area contributed by atoms with E-state index in [1.165, 1.54) is 4.90 Å². The second-order valence-corrected chi connectivity index (χ2v) is 7.43. The van der Waals surface area contributed by atoms with Crippen molar-refractivity contribution in [2.75, 3.05) is 11.4 Å². The van der Waals surface area contributed by atoms with Crippen molar-refractivity contribution >= 4 is 17.5 Å². The Morgan fingerprint density at radius 2 is 1.56 bits per heavy atom. The number of anilines is 1. The summed E-state index contributed by atoms with van der Waals surface area (Å²) < 4.78 is 7.40. The molecular weight excluding hydrogens is 404 g/mol. The van der Waals surface area contributed by atoms with Crippen LogP contribution in [0.4, 0.5) is 5.69 Å². The van der Waals surface area contributed by atoms with E-state index in [0.717, 1.165) is 11.3 Å². The van der Waals surface area contributed by atoms with Crippen LogP contribution in [0.15, 0.2) is 91.1 Å². The molecule has 5 rings (SSSR count). The van der Waals surface area contributed by atoms with Gasteiger partial charge in [-0.3, -0.25) is 9.59 Å². The number of ether oxygens (including phenoxy) is 1. The number of hydrogen-bond donors (Lipinski definition) is 1. The van der Waals surface area contributed by atoms with Crippen molar-refractivity contribution in [2.24, 2.45) is 5.73 Å².